The van der Waals surface area contributed by atoms with Crippen LogP contribution in [0.25, 0.3) is 0 Å². The lowest BCUT2D eigenvalue weighted by atomic mass is 9.90. The monoisotopic (exact) mass is 280 g/mol. The summed E-state index contributed by atoms with van der Waals surface area (Å²) in [6.45, 7) is 5.82. The van der Waals surface area contributed by atoms with Crippen molar-refractivity contribution < 1.29 is 14.9 Å². The Hall–Kier alpha value is -1.30. The van der Waals surface area contributed by atoms with E-state index in [0.717, 1.165) is 38.2 Å². The van der Waals surface area contributed by atoms with E-state index in [0.29, 0.717) is 5.75 Å². The van der Waals surface area contributed by atoms with Crippen LogP contribution in [-0.4, -0.2) is 55.0 Å². The van der Waals surface area contributed by atoms with Gasteiger partial charge in [0.15, 0.2) is 11.5 Å². The summed E-state index contributed by atoms with van der Waals surface area (Å²) in [6, 6.07) is 5.29. The van der Waals surface area contributed by atoms with Crippen LogP contribution < -0.4 is 10.1 Å². The molecule has 1 aliphatic heterocycles. The van der Waals surface area contributed by atoms with Crippen molar-refractivity contribution in [3.05, 3.63) is 23.8 Å². The number of benzene rings is 1. The fourth-order valence-electron chi connectivity index (χ4n) is 2.73. The second kappa shape index (κ2) is 6.43. The summed E-state index contributed by atoms with van der Waals surface area (Å²) in [5, 5.41) is 23.0. The second-order valence-corrected chi connectivity index (χ2v) is 5.41. The average molecular weight is 280 g/mol. The zero-order valence-electron chi connectivity index (χ0n) is 12.2. The Morgan fingerprint density at radius 2 is 2.15 bits per heavy atom. The summed E-state index contributed by atoms with van der Waals surface area (Å²) in [5.74, 6) is 0.559. The molecule has 3 N–H and O–H groups in total. The topological polar surface area (TPSA) is 65.0 Å². The summed E-state index contributed by atoms with van der Waals surface area (Å²) in [4.78, 5) is 2.29. The summed E-state index contributed by atoms with van der Waals surface area (Å²) in [6.07, 6.45) is 1.06. The van der Waals surface area contributed by atoms with E-state index in [-0.39, 0.29) is 12.4 Å². The first-order valence-electron chi connectivity index (χ1n) is 7.06. The Labute approximate surface area is 120 Å². The fraction of sp³-hybridized carbons (Fsp3) is 0.600. The second-order valence-electron chi connectivity index (χ2n) is 5.41. The number of aliphatic hydroxyl groups is 1. The Morgan fingerprint density at radius 1 is 1.35 bits per heavy atom. The highest BCUT2D eigenvalue weighted by molar-refractivity contribution is 5.44. The molecule has 1 aromatic carbocycles. The van der Waals surface area contributed by atoms with Gasteiger partial charge < -0.3 is 20.3 Å². The summed E-state index contributed by atoms with van der Waals surface area (Å²) >= 11 is 0. The minimum absolute atomic E-state index is 0.0287. The van der Waals surface area contributed by atoms with Crippen LogP contribution in [0.5, 0.6) is 11.5 Å². The van der Waals surface area contributed by atoms with Crippen LogP contribution in [0.15, 0.2) is 18.2 Å². The summed E-state index contributed by atoms with van der Waals surface area (Å²) < 4.78 is 5.17. The van der Waals surface area contributed by atoms with E-state index in [4.69, 9.17) is 4.74 Å². The number of hydrogen-bond acceptors (Lipinski definition) is 5. The molecule has 0 amide bonds. The Balaban J connectivity index is 2.33. The van der Waals surface area contributed by atoms with Crippen LogP contribution in [0.3, 0.4) is 0 Å². The molecule has 0 spiro atoms. The molecule has 0 radical (unpaired) electrons. The van der Waals surface area contributed by atoms with Gasteiger partial charge in [0.1, 0.15) is 0 Å². The first kappa shape index (κ1) is 15.1. The number of nitrogens with one attached hydrogen (secondary N) is 1. The van der Waals surface area contributed by atoms with Gasteiger partial charge >= 0.3 is 0 Å². The zero-order valence-corrected chi connectivity index (χ0v) is 12.2. The van der Waals surface area contributed by atoms with Gasteiger partial charge in [-0.1, -0.05) is 6.07 Å². The quantitative estimate of drug-likeness (QED) is 0.765. The average Bonchev–Trinajstić information content (AvgIpc) is 2.76. The Kier molecular flexibility index (Phi) is 4.86. The van der Waals surface area contributed by atoms with Gasteiger partial charge in [-0.05, 0) is 37.6 Å². The van der Waals surface area contributed by atoms with Gasteiger partial charge in [0, 0.05) is 19.6 Å². The minimum Gasteiger partial charge on any atom is -0.504 e. The smallest absolute Gasteiger partial charge is 0.160 e. The fourth-order valence-corrected chi connectivity index (χ4v) is 2.73. The molecule has 5 nitrogen and oxygen atoms in total. The minimum atomic E-state index is -0.465. The molecule has 112 valence electrons. The first-order chi connectivity index (χ1) is 9.61. The molecule has 2 rings (SSSR count). The maximum atomic E-state index is 9.95. The van der Waals surface area contributed by atoms with Crippen molar-refractivity contribution in [2.75, 3.05) is 39.9 Å². The lowest BCUT2D eigenvalue weighted by molar-refractivity contribution is 0.0451. The van der Waals surface area contributed by atoms with E-state index < -0.39 is 5.54 Å². The van der Waals surface area contributed by atoms with Gasteiger partial charge in [-0.15, -0.1) is 0 Å². The van der Waals surface area contributed by atoms with E-state index in [1.807, 2.05) is 19.1 Å². The molecule has 1 fully saturated rings. The summed E-state index contributed by atoms with van der Waals surface area (Å²) in [7, 11) is 1.53. The van der Waals surface area contributed by atoms with Gasteiger partial charge in [0.2, 0.25) is 0 Å². The third kappa shape index (κ3) is 2.90. The van der Waals surface area contributed by atoms with Gasteiger partial charge in [-0.3, -0.25) is 4.90 Å². The molecule has 1 unspecified atom stereocenters. The standard InChI is InChI=1S/C15H24N2O3/c1-15(11-18,17-8-3-6-16-7-9-17)12-4-5-13(19)14(10-12)20-2/h4-5,10,16,18-19H,3,6-9,11H2,1-2H3. The molecule has 1 atom stereocenters. The van der Waals surface area contributed by atoms with Crippen LogP contribution in [0.4, 0.5) is 0 Å². The van der Waals surface area contributed by atoms with Crippen LogP contribution >= 0.6 is 0 Å². The molecule has 0 aromatic heterocycles. The molecule has 1 aromatic rings. The maximum Gasteiger partial charge on any atom is 0.160 e. The molecule has 0 aliphatic carbocycles. The zero-order chi connectivity index (χ0) is 14.6. The van der Waals surface area contributed by atoms with Crippen LogP contribution in [-0.2, 0) is 5.54 Å². The number of methoxy groups -OCH3 is 1. The molecule has 1 aliphatic rings. The third-order valence-corrected chi connectivity index (χ3v) is 4.15. The van der Waals surface area contributed by atoms with Gasteiger partial charge in [0.05, 0.1) is 19.3 Å². The number of rotatable bonds is 4. The van der Waals surface area contributed by atoms with Gasteiger partial charge in [-0.2, -0.15) is 0 Å². The molecule has 0 saturated carbocycles. The van der Waals surface area contributed by atoms with Crippen molar-refractivity contribution in [2.24, 2.45) is 0 Å². The Bertz CT molecular complexity index is 445. The van der Waals surface area contributed by atoms with Crippen molar-refractivity contribution in [3.8, 4) is 11.5 Å². The van der Waals surface area contributed by atoms with Crippen molar-refractivity contribution in [1.29, 1.82) is 0 Å². The van der Waals surface area contributed by atoms with Gasteiger partial charge in [-0.25, -0.2) is 0 Å². The number of aliphatic hydroxyl groups excluding tert-OH is 1. The van der Waals surface area contributed by atoms with Crippen molar-refractivity contribution in [3.63, 3.8) is 0 Å². The maximum absolute atomic E-state index is 9.95. The molecule has 20 heavy (non-hydrogen) atoms. The third-order valence-electron chi connectivity index (χ3n) is 4.15. The van der Waals surface area contributed by atoms with Crippen molar-refractivity contribution >= 4 is 0 Å². The Morgan fingerprint density at radius 3 is 2.85 bits per heavy atom. The summed E-state index contributed by atoms with van der Waals surface area (Å²) in [5.41, 5.74) is 0.490. The van der Waals surface area contributed by atoms with E-state index >= 15 is 0 Å². The molecule has 1 saturated heterocycles. The number of ether oxygens (including phenoxy) is 1. The molecule has 5 heteroatoms. The van der Waals surface area contributed by atoms with Crippen molar-refractivity contribution in [1.82, 2.24) is 10.2 Å². The first-order valence-corrected chi connectivity index (χ1v) is 7.06. The predicted molar refractivity (Wildman–Crippen MR) is 78.2 cm³/mol. The number of phenols is 1. The lowest BCUT2D eigenvalue weighted by Crippen LogP contribution is -2.48. The number of aromatic hydroxyl groups is 1. The number of phenolic OH excluding ortho intramolecular Hbond substituents is 1. The lowest BCUT2D eigenvalue weighted by Gasteiger charge is -2.40. The van der Waals surface area contributed by atoms with E-state index in [2.05, 4.69) is 10.2 Å². The highest BCUT2D eigenvalue weighted by Crippen LogP contribution is 2.34. The number of hydrogen-bond donors (Lipinski definition) is 3. The van der Waals surface area contributed by atoms with Gasteiger partial charge in [0.25, 0.3) is 0 Å². The van der Waals surface area contributed by atoms with E-state index in [1.165, 1.54) is 7.11 Å². The number of nitrogens with zero attached hydrogens (tertiary/aromatic N) is 1. The predicted octanol–water partition coefficient (Wildman–Crippen LogP) is 0.904. The molecule has 1 heterocycles. The normalized spacial score (nSPS) is 20.1. The SMILES string of the molecule is COc1cc(C(C)(CO)N2CCCNCC2)ccc1O. The molecular weight excluding hydrogens is 256 g/mol. The highest BCUT2D eigenvalue weighted by atomic mass is 16.5. The molecule has 0 bridgehead atoms. The van der Waals surface area contributed by atoms with E-state index in [1.54, 1.807) is 6.07 Å². The van der Waals surface area contributed by atoms with E-state index in [9.17, 15) is 10.2 Å². The highest BCUT2D eigenvalue weighted by Gasteiger charge is 2.34. The van der Waals surface area contributed by atoms with Crippen LogP contribution in [0, 0.1) is 0 Å². The largest absolute Gasteiger partial charge is 0.504 e. The van der Waals surface area contributed by atoms with Crippen molar-refractivity contribution in [2.45, 2.75) is 18.9 Å². The molecular formula is C15H24N2O3. The van der Waals surface area contributed by atoms with Crippen LogP contribution in [0.1, 0.15) is 18.9 Å². The van der Waals surface area contributed by atoms with Crippen LogP contribution in [0.2, 0.25) is 0 Å².